The van der Waals surface area contributed by atoms with Crippen LogP contribution in [0.15, 0.2) is 73.1 Å². The van der Waals surface area contributed by atoms with E-state index in [4.69, 9.17) is 0 Å². The zero-order chi connectivity index (χ0) is 19.3. The summed E-state index contributed by atoms with van der Waals surface area (Å²) in [5.41, 5.74) is 4.09. The van der Waals surface area contributed by atoms with Crippen molar-refractivity contribution in [2.24, 2.45) is 0 Å². The summed E-state index contributed by atoms with van der Waals surface area (Å²) in [5.74, 6) is -0.0382. The van der Waals surface area contributed by atoms with E-state index in [0.717, 1.165) is 29.4 Å². The first-order valence-corrected chi connectivity index (χ1v) is 9.60. The van der Waals surface area contributed by atoms with E-state index in [2.05, 4.69) is 33.2 Å². The standard InChI is InChI=1S/C23H24N4O/c1-18-15-25-26(16-18)13-7-12-24-23(28)22-14-20-10-5-6-11-21(20)27(22)17-19-8-3-2-4-9-19/h2-6,8-11,14-16H,7,12-13,17H2,1H3,(H,24,28). The van der Waals surface area contributed by atoms with Crippen molar-refractivity contribution < 1.29 is 4.79 Å². The van der Waals surface area contributed by atoms with Crippen molar-refractivity contribution in [3.8, 4) is 0 Å². The van der Waals surface area contributed by atoms with E-state index in [1.807, 2.05) is 66.5 Å². The largest absolute Gasteiger partial charge is 0.351 e. The highest BCUT2D eigenvalue weighted by Crippen LogP contribution is 2.21. The number of aromatic nitrogens is 3. The molecule has 0 aliphatic rings. The Morgan fingerprint density at radius 3 is 2.64 bits per heavy atom. The third-order valence-corrected chi connectivity index (χ3v) is 4.84. The molecule has 0 saturated carbocycles. The van der Waals surface area contributed by atoms with Gasteiger partial charge in [0.1, 0.15) is 5.69 Å². The Balaban J connectivity index is 1.48. The fraction of sp³-hybridized carbons (Fsp3) is 0.217. The number of aryl methyl sites for hydroxylation is 2. The summed E-state index contributed by atoms with van der Waals surface area (Å²) in [7, 11) is 0. The number of hydrogen-bond donors (Lipinski definition) is 1. The number of amides is 1. The molecule has 2 aromatic heterocycles. The highest BCUT2D eigenvalue weighted by Gasteiger charge is 2.15. The number of carbonyl (C=O) groups is 1. The van der Waals surface area contributed by atoms with E-state index < -0.39 is 0 Å². The molecule has 2 aromatic carbocycles. The average Bonchev–Trinajstić information content (AvgIpc) is 3.30. The van der Waals surface area contributed by atoms with Gasteiger partial charge in [-0.05, 0) is 36.6 Å². The number of fused-ring (bicyclic) bond motifs is 1. The van der Waals surface area contributed by atoms with Gasteiger partial charge in [-0.3, -0.25) is 9.48 Å². The molecule has 0 spiro atoms. The second-order valence-electron chi connectivity index (χ2n) is 7.05. The predicted octanol–water partition coefficient (Wildman–Crippen LogP) is 4.01. The number of para-hydroxylation sites is 1. The molecule has 0 radical (unpaired) electrons. The van der Waals surface area contributed by atoms with Crippen molar-refractivity contribution >= 4 is 16.8 Å². The summed E-state index contributed by atoms with van der Waals surface area (Å²) >= 11 is 0. The molecule has 0 atom stereocenters. The van der Waals surface area contributed by atoms with E-state index in [1.54, 1.807) is 0 Å². The van der Waals surface area contributed by atoms with Crippen LogP contribution in [0.3, 0.4) is 0 Å². The highest BCUT2D eigenvalue weighted by atomic mass is 16.1. The Morgan fingerprint density at radius 2 is 1.86 bits per heavy atom. The Kier molecular flexibility index (Phi) is 5.24. The first-order valence-electron chi connectivity index (χ1n) is 9.60. The smallest absolute Gasteiger partial charge is 0.267 e. The Bertz CT molecular complexity index is 1080. The Labute approximate surface area is 164 Å². The number of hydrogen-bond acceptors (Lipinski definition) is 2. The van der Waals surface area contributed by atoms with Crippen LogP contribution in [0.4, 0.5) is 0 Å². The number of carbonyl (C=O) groups excluding carboxylic acids is 1. The van der Waals surface area contributed by atoms with Crippen LogP contribution < -0.4 is 5.32 Å². The molecule has 0 aliphatic heterocycles. The SMILES string of the molecule is Cc1cnn(CCCNC(=O)c2cc3ccccc3n2Cc2ccccc2)c1. The maximum atomic E-state index is 12.9. The van der Waals surface area contributed by atoms with Crippen molar-refractivity contribution in [2.45, 2.75) is 26.4 Å². The lowest BCUT2D eigenvalue weighted by atomic mass is 10.2. The van der Waals surface area contributed by atoms with Crippen molar-refractivity contribution in [1.82, 2.24) is 19.7 Å². The second-order valence-corrected chi connectivity index (χ2v) is 7.05. The van der Waals surface area contributed by atoms with Gasteiger partial charge in [0, 0.05) is 36.7 Å². The van der Waals surface area contributed by atoms with Gasteiger partial charge < -0.3 is 9.88 Å². The molecule has 5 nitrogen and oxygen atoms in total. The summed E-state index contributed by atoms with van der Waals surface area (Å²) < 4.78 is 4.00. The minimum atomic E-state index is -0.0382. The lowest BCUT2D eigenvalue weighted by Gasteiger charge is -2.11. The monoisotopic (exact) mass is 372 g/mol. The highest BCUT2D eigenvalue weighted by molar-refractivity contribution is 5.98. The van der Waals surface area contributed by atoms with Crippen LogP contribution in [0.1, 0.15) is 28.0 Å². The third-order valence-electron chi connectivity index (χ3n) is 4.84. The van der Waals surface area contributed by atoms with Crippen LogP contribution in [-0.4, -0.2) is 26.8 Å². The van der Waals surface area contributed by atoms with E-state index in [0.29, 0.717) is 18.8 Å². The van der Waals surface area contributed by atoms with Gasteiger partial charge in [-0.1, -0.05) is 48.5 Å². The molecule has 0 unspecified atom stereocenters. The van der Waals surface area contributed by atoms with Gasteiger partial charge in [0.05, 0.1) is 6.20 Å². The molecule has 0 aliphatic carbocycles. The average molecular weight is 372 g/mol. The van der Waals surface area contributed by atoms with Gasteiger partial charge in [0.15, 0.2) is 0 Å². The van der Waals surface area contributed by atoms with Gasteiger partial charge in [-0.25, -0.2) is 0 Å². The number of benzene rings is 2. The predicted molar refractivity (Wildman–Crippen MR) is 111 cm³/mol. The third kappa shape index (κ3) is 3.98. The Hall–Kier alpha value is -3.34. The maximum Gasteiger partial charge on any atom is 0.267 e. The number of nitrogens with one attached hydrogen (secondary N) is 1. The maximum absolute atomic E-state index is 12.9. The first-order chi connectivity index (χ1) is 13.7. The van der Waals surface area contributed by atoms with Crippen LogP contribution >= 0.6 is 0 Å². The molecule has 2 heterocycles. The quantitative estimate of drug-likeness (QED) is 0.498. The minimum absolute atomic E-state index is 0.0382. The van der Waals surface area contributed by atoms with Crippen LogP contribution in [-0.2, 0) is 13.1 Å². The molecule has 1 N–H and O–H groups in total. The van der Waals surface area contributed by atoms with E-state index >= 15 is 0 Å². The topological polar surface area (TPSA) is 51.9 Å². The first kappa shape index (κ1) is 18.0. The molecular weight excluding hydrogens is 348 g/mol. The lowest BCUT2D eigenvalue weighted by Crippen LogP contribution is -2.27. The lowest BCUT2D eigenvalue weighted by molar-refractivity contribution is 0.0944. The zero-order valence-corrected chi connectivity index (χ0v) is 16.0. The van der Waals surface area contributed by atoms with Gasteiger partial charge in [-0.15, -0.1) is 0 Å². The van der Waals surface area contributed by atoms with Gasteiger partial charge >= 0.3 is 0 Å². The fourth-order valence-corrected chi connectivity index (χ4v) is 3.46. The molecule has 0 bridgehead atoms. The molecule has 142 valence electrons. The molecule has 5 heteroatoms. The molecule has 4 rings (SSSR count). The zero-order valence-electron chi connectivity index (χ0n) is 16.0. The molecule has 1 amide bonds. The van der Waals surface area contributed by atoms with Crippen molar-refractivity contribution in [2.75, 3.05) is 6.54 Å². The van der Waals surface area contributed by atoms with E-state index in [-0.39, 0.29) is 5.91 Å². The summed E-state index contributed by atoms with van der Waals surface area (Å²) in [4.78, 5) is 12.9. The van der Waals surface area contributed by atoms with E-state index in [1.165, 1.54) is 5.56 Å². The van der Waals surface area contributed by atoms with Crippen molar-refractivity contribution in [3.05, 3.63) is 89.9 Å². The van der Waals surface area contributed by atoms with Gasteiger partial charge in [-0.2, -0.15) is 5.10 Å². The van der Waals surface area contributed by atoms with Crippen LogP contribution in [0.5, 0.6) is 0 Å². The summed E-state index contributed by atoms with van der Waals surface area (Å²) in [5, 5.41) is 8.42. The number of nitrogens with zero attached hydrogens (tertiary/aromatic N) is 3. The molecule has 4 aromatic rings. The molecule has 28 heavy (non-hydrogen) atoms. The van der Waals surface area contributed by atoms with Crippen molar-refractivity contribution in [1.29, 1.82) is 0 Å². The van der Waals surface area contributed by atoms with Crippen LogP contribution in [0, 0.1) is 6.92 Å². The molecule has 0 saturated heterocycles. The number of rotatable bonds is 7. The van der Waals surface area contributed by atoms with Gasteiger partial charge in [0.2, 0.25) is 0 Å². The summed E-state index contributed by atoms with van der Waals surface area (Å²) in [6, 6.07) is 20.3. The van der Waals surface area contributed by atoms with Crippen LogP contribution in [0.25, 0.3) is 10.9 Å². The van der Waals surface area contributed by atoms with Gasteiger partial charge in [0.25, 0.3) is 5.91 Å². The summed E-state index contributed by atoms with van der Waals surface area (Å²) in [6.07, 6.45) is 4.70. The van der Waals surface area contributed by atoms with Crippen LogP contribution in [0.2, 0.25) is 0 Å². The molecular formula is C23H24N4O. The summed E-state index contributed by atoms with van der Waals surface area (Å²) in [6.45, 7) is 4.10. The van der Waals surface area contributed by atoms with E-state index in [9.17, 15) is 4.79 Å². The fourth-order valence-electron chi connectivity index (χ4n) is 3.46. The normalized spacial score (nSPS) is 11.0. The van der Waals surface area contributed by atoms with Crippen molar-refractivity contribution in [3.63, 3.8) is 0 Å². The minimum Gasteiger partial charge on any atom is -0.351 e. The molecule has 0 fully saturated rings. The Morgan fingerprint density at radius 1 is 1.07 bits per heavy atom. The second kappa shape index (κ2) is 8.13.